The molecule has 0 bridgehead atoms. The van der Waals surface area contributed by atoms with E-state index in [2.05, 4.69) is 44.2 Å². The molecule has 1 N–H and O–H groups in total. The van der Waals surface area contributed by atoms with Gasteiger partial charge in [0.1, 0.15) is 0 Å². The minimum Gasteiger partial charge on any atom is -0.388 e. The van der Waals surface area contributed by atoms with Crippen LogP contribution in [-0.4, -0.2) is 5.11 Å². The fourth-order valence-corrected chi connectivity index (χ4v) is 3.17. The van der Waals surface area contributed by atoms with Crippen LogP contribution in [0.1, 0.15) is 41.7 Å². The Morgan fingerprint density at radius 2 is 1.60 bits per heavy atom. The summed E-state index contributed by atoms with van der Waals surface area (Å²) in [7, 11) is 0. The third kappa shape index (κ3) is 4.12. The van der Waals surface area contributed by atoms with Crippen LogP contribution in [0.5, 0.6) is 0 Å². The third-order valence-electron chi connectivity index (χ3n) is 3.34. The van der Waals surface area contributed by atoms with Gasteiger partial charge in [0.2, 0.25) is 0 Å². The van der Waals surface area contributed by atoms with E-state index in [4.69, 9.17) is 0 Å². The number of aliphatic hydroxyl groups excluding tert-OH is 1. The second kappa shape index (κ2) is 6.96. The van der Waals surface area contributed by atoms with Gasteiger partial charge in [0.05, 0.1) is 6.10 Å². The highest BCUT2D eigenvalue weighted by Crippen LogP contribution is 2.26. The standard InChI is InChI=1S/C18H22OS/c1-4-18(19)16-5-7-17(8-6-16)20-12-15-10-13(2)9-14(3)11-15/h5-11,18-19H,4,12H2,1-3H3. The highest BCUT2D eigenvalue weighted by atomic mass is 32.2. The zero-order valence-electron chi connectivity index (χ0n) is 12.4. The van der Waals surface area contributed by atoms with E-state index < -0.39 is 0 Å². The molecule has 20 heavy (non-hydrogen) atoms. The van der Waals surface area contributed by atoms with Crippen molar-refractivity contribution in [2.45, 2.75) is 43.9 Å². The molecule has 0 fully saturated rings. The molecule has 1 unspecified atom stereocenters. The normalized spacial score (nSPS) is 12.4. The largest absolute Gasteiger partial charge is 0.388 e. The van der Waals surface area contributed by atoms with Crippen LogP contribution in [0, 0.1) is 13.8 Å². The molecule has 2 rings (SSSR count). The van der Waals surface area contributed by atoms with Gasteiger partial charge in [0.15, 0.2) is 0 Å². The molecule has 0 amide bonds. The van der Waals surface area contributed by atoms with Crippen molar-refractivity contribution in [1.29, 1.82) is 0 Å². The van der Waals surface area contributed by atoms with E-state index in [0.29, 0.717) is 0 Å². The second-order valence-electron chi connectivity index (χ2n) is 5.28. The molecule has 0 aromatic heterocycles. The van der Waals surface area contributed by atoms with E-state index in [9.17, 15) is 5.11 Å². The van der Waals surface area contributed by atoms with Crippen LogP contribution in [-0.2, 0) is 5.75 Å². The molecular weight excluding hydrogens is 264 g/mol. The third-order valence-corrected chi connectivity index (χ3v) is 4.42. The minimum absolute atomic E-state index is 0.339. The first-order valence-corrected chi connectivity index (χ1v) is 8.05. The van der Waals surface area contributed by atoms with Gasteiger partial charge in [-0.1, -0.05) is 48.4 Å². The van der Waals surface area contributed by atoms with Crippen LogP contribution in [0.4, 0.5) is 0 Å². The zero-order chi connectivity index (χ0) is 14.5. The predicted octanol–water partition coefficient (Wildman–Crippen LogP) is 5.04. The van der Waals surface area contributed by atoms with Crippen molar-refractivity contribution in [2.24, 2.45) is 0 Å². The summed E-state index contributed by atoms with van der Waals surface area (Å²) in [6.07, 6.45) is 0.420. The molecule has 0 spiro atoms. The molecule has 1 nitrogen and oxygen atoms in total. The maximum absolute atomic E-state index is 9.78. The van der Waals surface area contributed by atoms with Crippen LogP contribution in [0.2, 0.25) is 0 Å². The lowest BCUT2D eigenvalue weighted by atomic mass is 10.1. The van der Waals surface area contributed by atoms with E-state index in [0.717, 1.165) is 17.7 Å². The molecule has 1 atom stereocenters. The topological polar surface area (TPSA) is 20.2 Å². The van der Waals surface area contributed by atoms with Gasteiger partial charge in [-0.15, -0.1) is 11.8 Å². The monoisotopic (exact) mass is 286 g/mol. The van der Waals surface area contributed by atoms with Crippen molar-refractivity contribution in [3.63, 3.8) is 0 Å². The smallest absolute Gasteiger partial charge is 0.0787 e. The fraction of sp³-hybridized carbons (Fsp3) is 0.333. The minimum atomic E-state index is -0.339. The van der Waals surface area contributed by atoms with Gasteiger partial charge in [0, 0.05) is 10.6 Å². The lowest BCUT2D eigenvalue weighted by Gasteiger charge is -2.09. The van der Waals surface area contributed by atoms with E-state index >= 15 is 0 Å². The molecule has 0 radical (unpaired) electrons. The Morgan fingerprint density at radius 3 is 2.15 bits per heavy atom. The van der Waals surface area contributed by atoms with Crippen molar-refractivity contribution < 1.29 is 5.11 Å². The Balaban J connectivity index is 2.00. The first-order valence-electron chi connectivity index (χ1n) is 7.06. The van der Waals surface area contributed by atoms with Crippen LogP contribution >= 0.6 is 11.8 Å². The van der Waals surface area contributed by atoms with E-state index in [1.54, 1.807) is 0 Å². The van der Waals surface area contributed by atoms with Crippen LogP contribution in [0.3, 0.4) is 0 Å². The van der Waals surface area contributed by atoms with Crippen LogP contribution in [0.15, 0.2) is 47.4 Å². The van der Waals surface area contributed by atoms with Crippen LogP contribution < -0.4 is 0 Å². The molecule has 0 saturated carbocycles. The summed E-state index contributed by atoms with van der Waals surface area (Å²) in [6, 6.07) is 14.9. The predicted molar refractivity (Wildman–Crippen MR) is 87.2 cm³/mol. The molecule has 0 aliphatic heterocycles. The van der Waals surface area contributed by atoms with Gasteiger partial charge < -0.3 is 5.11 Å². The Kier molecular flexibility index (Phi) is 5.27. The Morgan fingerprint density at radius 1 is 1.00 bits per heavy atom. The lowest BCUT2D eigenvalue weighted by molar-refractivity contribution is 0.173. The highest BCUT2D eigenvalue weighted by molar-refractivity contribution is 7.98. The summed E-state index contributed by atoms with van der Waals surface area (Å²) in [5, 5.41) is 9.78. The number of aryl methyl sites for hydroxylation is 2. The number of thioether (sulfide) groups is 1. The number of hydrogen-bond acceptors (Lipinski definition) is 2. The quantitative estimate of drug-likeness (QED) is 0.777. The lowest BCUT2D eigenvalue weighted by Crippen LogP contribution is -1.94. The Labute approximate surface area is 126 Å². The van der Waals surface area contributed by atoms with Gasteiger partial charge in [-0.25, -0.2) is 0 Å². The molecule has 2 heteroatoms. The summed E-state index contributed by atoms with van der Waals surface area (Å²) in [6.45, 7) is 6.28. The van der Waals surface area contributed by atoms with Gasteiger partial charge in [-0.3, -0.25) is 0 Å². The first-order chi connectivity index (χ1) is 9.58. The van der Waals surface area contributed by atoms with E-state index in [1.807, 2.05) is 30.8 Å². The second-order valence-corrected chi connectivity index (χ2v) is 6.33. The van der Waals surface area contributed by atoms with E-state index in [1.165, 1.54) is 21.6 Å². The van der Waals surface area contributed by atoms with Crippen LogP contribution in [0.25, 0.3) is 0 Å². The molecule has 0 aliphatic rings. The SMILES string of the molecule is CCC(O)c1ccc(SCc2cc(C)cc(C)c2)cc1. The summed E-state index contributed by atoms with van der Waals surface area (Å²) >= 11 is 1.84. The van der Waals surface area contributed by atoms with Gasteiger partial charge in [-0.2, -0.15) is 0 Å². The summed E-state index contributed by atoms with van der Waals surface area (Å²) < 4.78 is 0. The maximum Gasteiger partial charge on any atom is 0.0787 e. The van der Waals surface area contributed by atoms with Gasteiger partial charge >= 0.3 is 0 Å². The number of hydrogen-bond donors (Lipinski definition) is 1. The van der Waals surface area contributed by atoms with Gasteiger partial charge in [-0.05, 0) is 43.5 Å². The summed E-state index contributed by atoms with van der Waals surface area (Å²) in [5.74, 6) is 0.984. The molecule has 106 valence electrons. The van der Waals surface area contributed by atoms with Crippen molar-refractivity contribution in [1.82, 2.24) is 0 Å². The van der Waals surface area contributed by atoms with Crippen molar-refractivity contribution >= 4 is 11.8 Å². The van der Waals surface area contributed by atoms with Gasteiger partial charge in [0.25, 0.3) is 0 Å². The number of rotatable bonds is 5. The Bertz CT molecular complexity index is 540. The fourth-order valence-electron chi connectivity index (χ4n) is 2.34. The van der Waals surface area contributed by atoms with Crippen molar-refractivity contribution in [3.8, 4) is 0 Å². The molecule has 2 aromatic carbocycles. The summed E-state index contributed by atoms with van der Waals surface area (Å²) in [4.78, 5) is 1.25. The first kappa shape index (κ1) is 15.1. The van der Waals surface area contributed by atoms with Crippen molar-refractivity contribution in [3.05, 3.63) is 64.7 Å². The van der Waals surface area contributed by atoms with E-state index in [-0.39, 0.29) is 6.10 Å². The number of benzene rings is 2. The number of aliphatic hydroxyl groups is 1. The molecule has 0 saturated heterocycles. The molecule has 0 aliphatic carbocycles. The highest BCUT2D eigenvalue weighted by Gasteiger charge is 2.04. The zero-order valence-corrected chi connectivity index (χ0v) is 13.2. The van der Waals surface area contributed by atoms with Crippen molar-refractivity contribution in [2.75, 3.05) is 0 Å². The average Bonchev–Trinajstić information content (AvgIpc) is 2.44. The molecular formula is C18H22OS. The Hall–Kier alpha value is -1.25. The summed E-state index contributed by atoms with van der Waals surface area (Å²) in [5.41, 5.74) is 5.01. The molecule has 0 heterocycles. The maximum atomic E-state index is 9.78. The average molecular weight is 286 g/mol. The molecule has 2 aromatic rings.